The Bertz CT molecular complexity index is 530. The first kappa shape index (κ1) is 16.2. The van der Waals surface area contributed by atoms with Gasteiger partial charge in [0.2, 0.25) is 0 Å². The van der Waals surface area contributed by atoms with Crippen molar-refractivity contribution in [2.75, 3.05) is 13.7 Å². The largest absolute Gasteiger partial charge is 0.502 e. The fraction of sp³-hybridized carbons (Fsp3) is 0.278. The molecule has 0 aliphatic carbocycles. The molecule has 0 spiro atoms. The van der Waals surface area contributed by atoms with E-state index >= 15 is 0 Å². The van der Waals surface area contributed by atoms with Gasteiger partial charge in [-0.3, -0.25) is 4.90 Å². The van der Waals surface area contributed by atoms with Gasteiger partial charge in [0.25, 0.3) is 0 Å². The smallest absolute Gasteiger partial charge is 0.394 e. The van der Waals surface area contributed by atoms with Crippen molar-refractivity contribution >= 4 is 5.97 Å². The summed E-state index contributed by atoms with van der Waals surface area (Å²) in [5, 5.41) is 9.65. The lowest BCUT2D eigenvalue weighted by molar-refractivity contribution is 0.124. The predicted molar refractivity (Wildman–Crippen MR) is 87.0 cm³/mol. The summed E-state index contributed by atoms with van der Waals surface area (Å²) in [6, 6.07) is 19.4. The molecule has 4 nitrogen and oxygen atoms in total. The van der Waals surface area contributed by atoms with Gasteiger partial charge in [-0.25, -0.2) is 0 Å². The summed E-state index contributed by atoms with van der Waals surface area (Å²) in [6.45, 7) is 1.00. The Morgan fingerprint density at radius 2 is 1.45 bits per heavy atom. The van der Waals surface area contributed by atoms with Crippen LogP contribution in [0.3, 0.4) is 0 Å². The summed E-state index contributed by atoms with van der Waals surface area (Å²) >= 11 is 0. The zero-order valence-electron chi connectivity index (χ0n) is 12.7. The molecule has 116 valence electrons. The van der Waals surface area contributed by atoms with Crippen molar-refractivity contribution in [2.24, 2.45) is 0 Å². The minimum atomic E-state index is -0.564. The number of methoxy groups -OCH3 is 1. The number of ether oxygens (including phenoxy) is 1. The molecule has 0 saturated carbocycles. The number of rotatable bonds is 7. The second-order valence-corrected chi connectivity index (χ2v) is 5.12. The molecule has 0 aromatic heterocycles. The maximum atomic E-state index is 9.94. The summed E-state index contributed by atoms with van der Waals surface area (Å²) in [7, 11) is 1.40. The summed E-state index contributed by atoms with van der Waals surface area (Å²) in [4.78, 5) is 11.9. The molecule has 0 amide bonds. The average molecular weight is 300 g/mol. The van der Waals surface area contributed by atoms with Crippen LogP contribution in [0.15, 0.2) is 60.7 Å². The van der Waals surface area contributed by atoms with Crippen LogP contribution in [0.2, 0.25) is 0 Å². The number of carbonyl (C=O) groups excluding carboxylic acids is 1. The summed E-state index contributed by atoms with van der Waals surface area (Å²) in [5.41, 5.74) is 2.22. The predicted octanol–water partition coefficient (Wildman–Crippen LogP) is 2.20. The molecule has 1 atom stereocenters. The highest BCUT2D eigenvalue weighted by Gasteiger charge is 2.32. The van der Waals surface area contributed by atoms with E-state index in [9.17, 15) is 9.90 Å². The molecule has 0 heterocycles. The fourth-order valence-electron chi connectivity index (χ4n) is 2.40. The van der Waals surface area contributed by atoms with E-state index in [0.717, 1.165) is 11.1 Å². The normalized spacial score (nSPS) is 12.1. The zero-order chi connectivity index (χ0) is 15.8. The number of aliphatic hydroxyl groups excluding tert-OH is 1. The van der Waals surface area contributed by atoms with E-state index < -0.39 is 6.04 Å². The molecule has 2 aromatic rings. The number of aliphatic hydroxyl groups is 1. The molecule has 0 fully saturated rings. The maximum absolute atomic E-state index is 9.94. The van der Waals surface area contributed by atoms with Crippen molar-refractivity contribution in [1.29, 1.82) is 0 Å². The molecule has 2 rings (SSSR count). The van der Waals surface area contributed by atoms with E-state index in [1.165, 1.54) is 7.11 Å². The highest BCUT2D eigenvalue weighted by Crippen LogP contribution is 2.14. The minimum absolute atomic E-state index is 0.172. The van der Waals surface area contributed by atoms with E-state index in [2.05, 4.69) is 0 Å². The number of hydrogen-bond acceptors (Lipinski definition) is 3. The van der Waals surface area contributed by atoms with Crippen molar-refractivity contribution < 1.29 is 14.6 Å². The molecule has 0 aliphatic heterocycles. The topological polar surface area (TPSA) is 54.1 Å². The Hall–Kier alpha value is -2.17. The molecule has 0 aliphatic rings. The second-order valence-electron chi connectivity index (χ2n) is 5.12. The van der Waals surface area contributed by atoms with Gasteiger partial charge < -0.3 is 14.6 Å². The van der Waals surface area contributed by atoms with Crippen LogP contribution in [-0.4, -0.2) is 40.5 Å². The van der Waals surface area contributed by atoms with Crippen LogP contribution >= 0.6 is 0 Å². The van der Waals surface area contributed by atoms with Gasteiger partial charge in [0.15, 0.2) is 13.2 Å². The molecule has 4 heteroatoms. The second kappa shape index (κ2) is 8.32. The van der Waals surface area contributed by atoms with Crippen LogP contribution in [0.4, 0.5) is 0 Å². The van der Waals surface area contributed by atoms with Gasteiger partial charge in [-0.1, -0.05) is 60.7 Å². The Morgan fingerprint density at radius 1 is 1.00 bits per heavy atom. The van der Waals surface area contributed by atoms with E-state index in [4.69, 9.17) is 4.74 Å². The number of nitrogens with zero attached hydrogens (tertiary/aromatic N) is 1. The third-order valence-electron chi connectivity index (χ3n) is 3.56. The van der Waals surface area contributed by atoms with Crippen molar-refractivity contribution in [2.45, 2.75) is 19.1 Å². The zero-order valence-corrected chi connectivity index (χ0v) is 12.7. The van der Waals surface area contributed by atoms with E-state index in [1.807, 2.05) is 65.6 Å². The SMILES string of the molecule is COC(=[OH+])[C@@H](CO)N(Cc1ccccc1)Cc1ccccc1. The van der Waals surface area contributed by atoms with Crippen LogP contribution in [0.1, 0.15) is 11.1 Å². The van der Waals surface area contributed by atoms with Crippen LogP contribution in [0, 0.1) is 0 Å². The number of hydrogen-bond donors (Lipinski definition) is 1. The van der Waals surface area contributed by atoms with E-state index in [1.54, 1.807) is 0 Å². The van der Waals surface area contributed by atoms with Gasteiger partial charge in [-0.15, -0.1) is 0 Å². The van der Waals surface area contributed by atoms with Gasteiger partial charge in [-0.05, 0) is 11.1 Å². The van der Waals surface area contributed by atoms with Crippen LogP contribution < -0.4 is 0 Å². The Morgan fingerprint density at radius 3 is 1.82 bits per heavy atom. The lowest BCUT2D eigenvalue weighted by Crippen LogP contribution is -2.43. The van der Waals surface area contributed by atoms with Crippen LogP contribution in [0.25, 0.3) is 0 Å². The molecule has 0 saturated heterocycles. The number of benzene rings is 2. The minimum Gasteiger partial charge on any atom is -0.394 e. The van der Waals surface area contributed by atoms with Crippen LogP contribution in [0.5, 0.6) is 0 Å². The molecular formula is C18H22NO3+. The Labute approximate surface area is 131 Å². The molecular weight excluding hydrogens is 278 g/mol. The first-order valence-corrected chi connectivity index (χ1v) is 7.27. The van der Waals surface area contributed by atoms with Gasteiger partial charge in [0.1, 0.15) is 0 Å². The Balaban J connectivity index is 2.21. The van der Waals surface area contributed by atoms with Crippen molar-refractivity contribution in [3.63, 3.8) is 0 Å². The van der Waals surface area contributed by atoms with E-state index in [-0.39, 0.29) is 12.6 Å². The average Bonchev–Trinajstić information content (AvgIpc) is 2.57. The number of esters is 1. The highest BCUT2D eigenvalue weighted by atomic mass is 16.5. The molecule has 2 aromatic carbocycles. The van der Waals surface area contributed by atoms with Gasteiger partial charge in [0, 0.05) is 13.1 Å². The van der Waals surface area contributed by atoms with Gasteiger partial charge >= 0.3 is 5.97 Å². The Kier molecular flexibility index (Phi) is 6.13. The third-order valence-corrected chi connectivity index (χ3v) is 3.56. The monoisotopic (exact) mass is 300 g/mol. The van der Waals surface area contributed by atoms with Crippen molar-refractivity contribution in [3.05, 3.63) is 71.8 Å². The first-order valence-electron chi connectivity index (χ1n) is 7.27. The van der Waals surface area contributed by atoms with E-state index in [0.29, 0.717) is 13.1 Å². The van der Waals surface area contributed by atoms with Crippen LogP contribution in [-0.2, 0) is 17.8 Å². The summed E-state index contributed by atoms with van der Waals surface area (Å²) in [5.74, 6) is -0.172. The summed E-state index contributed by atoms with van der Waals surface area (Å²) in [6.07, 6.45) is 0. The molecule has 0 radical (unpaired) electrons. The summed E-state index contributed by atoms with van der Waals surface area (Å²) < 4.78 is 4.93. The standard InChI is InChI=1S/C18H21NO3/c1-22-18(21)17(14-20)19(12-15-8-4-2-5-9-15)13-16-10-6-3-7-11-16/h2-11,17,20H,12-14H2,1H3/p+1/t17-/m1/s1. The van der Waals surface area contributed by atoms with Gasteiger partial charge in [-0.2, -0.15) is 0 Å². The van der Waals surface area contributed by atoms with Crippen molar-refractivity contribution in [1.82, 2.24) is 4.90 Å². The third kappa shape index (κ3) is 4.41. The van der Waals surface area contributed by atoms with Crippen molar-refractivity contribution in [3.8, 4) is 0 Å². The van der Waals surface area contributed by atoms with Gasteiger partial charge in [0.05, 0.1) is 6.61 Å². The molecule has 0 bridgehead atoms. The fourth-order valence-corrected chi connectivity index (χ4v) is 2.40. The first-order chi connectivity index (χ1) is 10.7. The highest BCUT2D eigenvalue weighted by molar-refractivity contribution is 5.76. The molecule has 22 heavy (non-hydrogen) atoms. The molecule has 2 N–H and O–H groups in total. The lowest BCUT2D eigenvalue weighted by atomic mass is 10.1. The lowest BCUT2D eigenvalue weighted by Gasteiger charge is -2.26. The quantitative estimate of drug-likeness (QED) is 0.630. The maximum Gasteiger partial charge on any atom is 0.502 e. The molecule has 0 unspecified atom stereocenters.